The fraction of sp³-hybridized carbons (Fsp3) is 0.591. The van der Waals surface area contributed by atoms with Crippen molar-refractivity contribution in [3.05, 3.63) is 29.6 Å². The number of halogens is 1. The maximum absolute atomic E-state index is 14.5. The van der Waals surface area contributed by atoms with E-state index in [0.717, 1.165) is 0 Å². The van der Waals surface area contributed by atoms with Crippen LogP contribution in [0.4, 0.5) is 4.39 Å². The molecule has 0 radical (unpaired) electrons. The zero-order valence-corrected chi connectivity index (χ0v) is 18.0. The highest BCUT2D eigenvalue weighted by atomic mass is 19.1. The SMILES string of the molecule is CC[C@H](C)[C@H](NC(=O)CCC1(Cc2ccc(OC)cc2F)CCC(=O)N1)C(=O)OC. The van der Waals surface area contributed by atoms with Gasteiger partial charge in [0, 0.05) is 24.4 Å². The van der Waals surface area contributed by atoms with E-state index in [9.17, 15) is 18.8 Å². The molecule has 1 saturated heterocycles. The Kier molecular flexibility index (Phi) is 8.20. The van der Waals surface area contributed by atoms with E-state index in [4.69, 9.17) is 9.47 Å². The summed E-state index contributed by atoms with van der Waals surface area (Å²) < 4.78 is 24.3. The molecule has 0 spiro atoms. The Bertz CT molecular complexity index is 785. The van der Waals surface area contributed by atoms with Crippen LogP contribution < -0.4 is 15.4 Å². The minimum absolute atomic E-state index is 0.0741. The van der Waals surface area contributed by atoms with Crippen LogP contribution in [0.1, 0.15) is 51.5 Å². The van der Waals surface area contributed by atoms with Gasteiger partial charge in [0.25, 0.3) is 0 Å². The van der Waals surface area contributed by atoms with E-state index in [1.54, 1.807) is 12.1 Å². The van der Waals surface area contributed by atoms with Crippen LogP contribution >= 0.6 is 0 Å². The van der Waals surface area contributed by atoms with Gasteiger partial charge in [-0.25, -0.2) is 9.18 Å². The Morgan fingerprint density at radius 2 is 2.07 bits per heavy atom. The lowest BCUT2D eigenvalue weighted by atomic mass is 9.84. The highest BCUT2D eigenvalue weighted by Gasteiger charge is 2.39. The number of hydrogen-bond acceptors (Lipinski definition) is 5. The van der Waals surface area contributed by atoms with Crippen LogP contribution in [0, 0.1) is 11.7 Å². The Labute approximate surface area is 176 Å². The van der Waals surface area contributed by atoms with Gasteiger partial charge in [-0.3, -0.25) is 9.59 Å². The Balaban J connectivity index is 2.08. The van der Waals surface area contributed by atoms with Gasteiger partial charge < -0.3 is 20.1 Å². The van der Waals surface area contributed by atoms with E-state index < -0.39 is 23.4 Å². The predicted octanol–water partition coefficient (Wildman–Crippen LogP) is 2.51. The van der Waals surface area contributed by atoms with Gasteiger partial charge >= 0.3 is 5.97 Å². The smallest absolute Gasteiger partial charge is 0.328 e. The molecule has 30 heavy (non-hydrogen) atoms. The largest absolute Gasteiger partial charge is 0.497 e. The van der Waals surface area contributed by atoms with Gasteiger partial charge in [0.2, 0.25) is 11.8 Å². The van der Waals surface area contributed by atoms with Crippen LogP contribution in [0.15, 0.2) is 18.2 Å². The molecule has 3 atom stereocenters. The number of methoxy groups -OCH3 is 2. The number of hydrogen-bond donors (Lipinski definition) is 2. The monoisotopic (exact) mass is 422 g/mol. The van der Waals surface area contributed by atoms with Crippen molar-refractivity contribution in [1.29, 1.82) is 0 Å². The Morgan fingerprint density at radius 3 is 2.60 bits per heavy atom. The molecule has 7 nitrogen and oxygen atoms in total. The van der Waals surface area contributed by atoms with E-state index in [-0.39, 0.29) is 30.6 Å². The first-order valence-electron chi connectivity index (χ1n) is 10.2. The van der Waals surface area contributed by atoms with E-state index in [0.29, 0.717) is 37.0 Å². The highest BCUT2D eigenvalue weighted by molar-refractivity contribution is 5.85. The molecule has 1 aliphatic rings. The second-order valence-corrected chi connectivity index (χ2v) is 7.92. The molecule has 8 heteroatoms. The molecule has 1 aromatic rings. The molecule has 2 rings (SSSR count). The fourth-order valence-electron chi connectivity index (χ4n) is 3.74. The van der Waals surface area contributed by atoms with Crippen molar-refractivity contribution >= 4 is 17.8 Å². The average Bonchev–Trinajstić information content (AvgIpc) is 3.11. The molecule has 1 fully saturated rings. The van der Waals surface area contributed by atoms with Crippen molar-refractivity contribution < 1.29 is 28.2 Å². The maximum atomic E-state index is 14.5. The molecule has 1 aromatic carbocycles. The minimum atomic E-state index is -0.722. The second kappa shape index (κ2) is 10.4. The molecule has 0 saturated carbocycles. The van der Waals surface area contributed by atoms with Crippen molar-refractivity contribution in [2.24, 2.45) is 5.92 Å². The van der Waals surface area contributed by atoms with Crippen LogP contribution in [0.5, 0.6) is 5.75 Å². The first kappa shape index (κ1) is 23.6. The van der Waals surface area contributed by atoms with Gasteiger partial charge in [0.05, 0.1) is 14.2 Å². The average molecular weight is 422 g/mol. The quantitative estimate of drug-likeness (QED) is 0.565. The van der Waals surface area contributed by atoms with Gasteiger partial charge in [0.1, 0.15) is 17.6 Å². The van der Waals surface area contributed by atoms with Crippen molar-refractivity contribution in [2.75, 3.05) is 14.2 Å². The molecule has 1 aliphatic heterocycles. The lowest BCUT2D eigenvalue weighted by Crippen LogP contribution is -2.48. The lowest BCUT2D eigenvalue weighted by Gasteiger charge is -2.30. The van der Waals surface area contributed by atoms with Gasteiger partial charge in [-0.05, 0) is 36.8 Å². The van der Waals surface area contributed by atoms with Gasteiger partial charge in [-0.1, -0.05) is 26.3 Å². The lowest BCUT2D eigenvalue weighted by molar-refractivity contribution is -0.146. The van der Waals surface area contributed by atoms with E-state index in [1.807, 2.05) is 13.8 Å². The third-order valence-electron chi connectivity index (χ3n) is 5.84. The minimum Gasteiger partial charge on any atom is -0.497 e. The molecule has 0 aromatic heterocycles. The molecule has 2 N–H and O–H groups in total. The van der Waals surface area contributed by atoms with E-state index in [2.05, 4.69) is 10.6 Å². The normalized spacial score (nSPS) is 20.2. The topological polar surface area (TPSA) is 93.7 Å². The number of nitrogens with one attached hydrogen (secondary N) is 2. The van der Waals surface area contributed by atoms with Gasteiger partial charge in [-0.2, -0.15) is 0 Å². The third-order valence-corrected chi connectivity index (χ3v) is 5.84. The zero-order chi connectivity index (χ0) is 22.3. The van der Waals surface area contributed by atoms with Gasteiger partial charge in [-0.15, -0.1) is 0 Å². The number of rotatable bonds is 10. The second-order valence-electron chi connectivity index (χ2n) is 7.92. The summed E-state index contributed by atoms with van der Waals surface area (Å²) in [4.78, 5) is 36.5. The summed E-state index contributed by atoms with van der Waals surface area (Å²) in [5, 5.41) is 5.68. The molecular formula is C22H31FN2O5. The third kappa shape index (κ3) is 5.93. The standard InChI is InChI=1S/C22H31FN2O5/c1-5-14(2)20(21(28)30-4)24-18(26)8-10-22(11-9-19(27)25-22)13-15-6-7-16(29-3)12-17(15)23/h6-7,12,14,20H,5,8-11,13H2,1-4H3,(H,24,26)(H,25,27)/t14-,20-,22?/m0/s1. The number of benzene rings is 1. The van der Waals surface area contributed by atoms with E-state index in [1.165, 1.54) is 20.3 Å². The number of esters is 1. The summed E-state index contributed by atoms with van der Waals surface area (Å²) in [5.41, 5.74) is -0.258. The molecule has 2 amide bonds. The predicted molar refractivity (Wildman–Crippen MR) is 109 cm³/mol. The summed E-state index contributed by atoms with van der Waals surface area (Å²) in [6.07, 6.45) is 2.25. The molecule has 1 heterocycles. The molecular weight excluding hydrogens is 391 g/mol. The fourth-order valence-corrected chi connectivity index (χ4v) is 3.74. The molecule has 166 valence electrons. The van der Waals surface area contributed by atoms with Crippen LogP contribution in [-0.4, -0.2) is 43.6 Å². The number of amides is 2. The first-order chi connectivity index (χ1) is 14.2. The van der Waals surface area contributed by atoms with Crippen molar-refractivity contribution in [3.8, 4) is 5.75 Å². The Hall–Kier alpha value is -2.64. The number of ether oxygens (including phenoxy) is 2. The summed E-state index contributed by atoms with van der Waals surface area (Å²) in [6, 6.07) is 3.89. The Morgan fingerprint density at radius 1 is 1.33 bits per heavy atom. The van der Waals surface area contributed by atoms with E-state index >= 15 is 0 Å². The van der Waals surface area contributed by atoms with Crippen LogP contribution in [0.2, 0.25) is 0 Å². The van der Waals surface area contributed by atoms with Crippen molar-refractivity contribution in [2.45, 2.75) is 64.0 Å². The van der Waals surface area contributed by atoms with Gasteiger partial charge in [0.15, 0.2) is 0 Å². The van der Waals surface area contributed by atoms with Crippen LogP contribution in [0.25, 0.3) is 0 Å². The van der Waals surface area contributed by atoms with Crippen molar-refractivity contribution in [3.63, 3.8) is 0 Å². The summed E-state index contributed by atoms with van der Waals surface area (Å²) in [5.74, 6) is -0.976. The maximum Gasteiger partial charge on any atom is 0.328 e. The van der Waals surface area contributed by atoms with Crippen LogP contribution in [-0.2, 0) is 25.5 Å². The summed E-state index contributed by atoms with van der Waals surface area (Å²) in [7, 11) is 2.75. The van der Waals surface area contributed by atoms with Crippen molar-refractivity contribution in [1.82, 2.24) is 10.6 Å². The highest BCUT2D eigenvalue weighted by Crippen LogP contribution is 2.31. The first-order valence-corrected chi connectivity index (χ1v) is 10.2. The molecule has 0 bridgehead atoms. The number of carbonyl (C=O) groups is 3. The van der Waals surface area contributed by atoms with Crippen LogP contribution in [0.3, 0.4) is 0 Å². The summed E-state index contributed by atoms with van der Waals surface area (Å²) in [6.45, 7) is 3.80. The molecule has 1 unspecified atom stereocenters. The summed E-state index contributed by atoms with van der Waals surface area (Å²) >= 11 is 0. The number of carbonyl (C=O) groups excluding carboxylic acids is 3. The zero-order valence-electron chi connectivity index (χ0n) is 18.0. The molecule has 0 aliphatic carbocycles.